The van der Waals surface area contributed by atoms with Crippen molar-refractivity contribution in [3.63, 3.8) is 0 Å². The first-order valence-electron chi connectivity index (χ1n) is 4.31. The van der Waals surface area contributed by atoms with E-state index in [0.717, 1.165) is 19.3 Å². The number of hydrogen-bond donors (Lipinski definition) is 1. The second-order valence-corrected chi connectivity index (χ2v) is 3.83. The van der Waals surface area contributed by atoms with Crippen molar-refractivity contribution in [1.29, 1.82) is 0 Å². The Morgan fingerprint density at radius 1 is 1.36 bits per heavy atom. The molecule has 0 saturated heterocycles. The number of unbranched alkanes of at least 4 members (excludes halogenated alkanes) is 1. The Morgan fingerprint density at radius 2 is 1.91 bits per heavy atom. The molecule has 11 heavy (non-hydrogen) atoms. The Morgan fingerprint density at radius 3 is 2.27 bits per heavy atom. The van der Waals surface area contributed by atoms with E-state index in [1.54, 1.807) is 0 Å². The van der Waals surface area contributed by atoms with Gasteiger partial charge in [0.2, 0.25) is 0 Å². The molecule has 0 bridgehead atoms. The summed E-state index contributed by atoms with van der Waals surface area (Å²) in [5.41, 5.74) is -0.229. The molecule has 0 spiro atoms. The highest BCUT2D eigenvalue weighted by Gasteiger charge is 2.15. The lowest BCUT2D eigenvalue weighted by Crippen LogP contribution is -2.27. The van der Waals surface area contributed by atoms with Crippen LogP contribution in [0.15, 0.2) is 0 Å². The van der Waals surface area contributed by atoms with E-state index < -0.39 is 6.29 Å². The molecule has 0 fully saturated rings. The lowest BCUT2D eigenvalue weighted by Gasteiger charge is -2.23. The summed E-state index contributed by atoms with van der Waals surface area (Å²) < 4.78 is 5.30. The van der Waals surface area contributed by atoms with Gasteiger partial charge < -0.3 is 9.84 Å². The largest absolute Gasteiger partial charge is 0.368 e. The van der Waals surface area contributed by atoms with Crippen LogP contribution in [0, 0.1) is 0 Å². The molecular formula is C9H20O2. The summed E-state index contributed by atoms with van der Waals surface area (Å²) in [6.07, 6.45) is 2.28. The predicted octanol–water partition coefficient (Wildman–Crippen LogP) is 2.31. The summed E-state index contributed by atoms with van der Waals surface area (Å²) in [5.74, 6) is 0. The van der Waals surface area contributed by atoms with E-state index in [-0.39, 0.29) is 5.60 Å². The van der Waals surface area contributed by atoms with Crippen molar-refractivity contribution in [3.8, 4) is 0 Å². The maximum absolute atomic E-state index is 9.29. The fourth-order valence-electron chi connectivity index (χ4n) is 0.846. The fraction of sp³-hybridized carbons (Fsp3) is 1.00. The van der Waals surface area contributed by atoms with Crippen LogP contribution in [0.5, 0.6) is 0 Å². The molecule has 0 heterocycles. The number of ether oxygens (including phenoxy) is 1. The van der Waals surface area contributed by atoms with E-state index >= 15 is 0 Å². The highest BCUT2D eigenvalue weighted by molar-refractivity contribution is 4.59. The minimum atomic E-state index is -0.588. The molecule has 0 aliphatic rings. The first kappa shape index (κ1) is 10.9. The van der Waals surface area contributed by atoms with Gasteiger partial charge in [-0.15, -0.1) is 0 Å². The zero-order chi connectivity index (χ0) is 8.91. The summed E-state index contributed by atoms with van der Waals surface area (Å²) in [6.45, 7) is 7.94. The van der Waals surface area contributed by atoms with Crippen LogP contribution in [0.3, 0.4) is 0 Å². The van der Waals surface area contributed by atoms with E-state index in [9.17, 15) is 5.11 Å². The fourth-order valence-corrected chi connectivity index (χ4v) is 0.846. The SMILES string of the molecule is CCCCC(O)OC(C)(C)C. The predicted molar refractivity (Wildman–Crippen MR) is 46.4 cm³/mol. The van der Waals surface area contributed by atoms with Crippen molar-refractivity contribution in [2.24, 2.45) is 0 Å². The summed E-state index contributed by atoms with van der Waals surface area (Å²) in [4.78, 5) is 0. The van der Waals surface area contributed by atoms with Gasteiger partial charge in [-0.2, -0.15) is 0 Å². The standard InChI is InChI=1S/C9H20O2/c1-5-6-7-8(10)11-9(2,3)4/h8,10H,5-7H2,1-4H3. The third-order valence-electron chi connectivity index (χ3n) is 1.29. The molecule has 1 N–H and O–H groups in total. The zero-order valence-corrected chi connectivity index (χ0v) is 8.05. The second-order valence-electron chi connectivity index (χ2n) is 3.83. The average Bonchev–Trinajstić information content (AvgIpc) is 1.79. The third kappa shape index (κ3) is 7.82. The van der Waals surface area contributed by atoms with Crippen LogP contribution in [0.4, 0.5) is 0 Å². The van der Waals surface area contributed by atoms with E-state index in [1.807, 2.05) is 20.8 Å². The van der Waals surface area contributed by atoms with Gasteiger partial charge in [-0.05, 0) is 33.6 Å². The summed E-state index contributed by atoms with van der Waals surface area (Å²) in [5, 5.41) is 9.29. The van der Waals surface area contributed by atoms with Gasteiger partial charge in [0.25, 0.3) is 0 Å². The summed E-state index contributed by atoms with van der Waals surface area (Å²) in [6, 6.07) is 0. The minimum Gasteiger partial charge on any atom is -0.368 e. The van der Waals surface area contributed by atoms with Gasteiger partial charge in [0.05, 0.1) is 5.60 Å². The van der Waals surface area contributed by atoms with Crippen LogP contribution >= 0.6 is 0 Å². The Labute approximate surface area is 69.6 Å². The molecule has 1 unspecified atom stereocenters. The molecular weight excluding hydrogens is 140 g/mol. The maximum Gasteiger partial charge on any atom is 0.155 e. The van der Waals surface area contributed by atoms with Crippen LogP contribution in [0.1, 0.15) is 47.0 Å². The van der Waals surface area contributed by atoms with E-state index in [4.69, 9.17) is 4.74 Å². The molecule has 0 amide bonds. The third-order valence-corrected chi connectivity index (χ3v) is 1.29. The van der Waals surface area contributed by atoms with Gasteiger partial charge in [0.15, 0.2) is 6.29 Å². The maximum atomic E-state index is 9.29. The molecule has 2 nitrogen and oxygen atoms in total. The van der Waals surface area contributed by atoms with Crippen molar-refractivity contribution in [2.75, 3.05) is 0 Å². The molecule has 68 valence electrons. The van der Waals surface area contributed by atoms with Crippen LogP contribution in [-0.2, 0) is 4.74 Å². The van der Waals surface area contributed by atoms with E-state index in [0.29, 0.717) is 0 Å². The molecule has 0 aliphatic carbocycles. The molecule has 0 saturated carbocycles. The number of hydrogen-bond acceptors (Lipinski definition) is 2. The van der Waals surface area contributed by atoms with Crippen LogP contribution in [-0.4, -0.2) is 17.0 Å². The molecule has 0 aromatic carbocycles. The Balaban J connectivity index is 3.44. The van der Waals surface area contributed by atoms with Crippen molar-refractivity contribution in [3.05, 3.63) is 0 Å². The highest BCUT2D eigenvalue weighted by atomic mass is 16.6. The Hall–Kier alpha value is -0.0800. The quantitative estimate of drug-likeness (QED) is 0.639. The van der Waals surface area contributed by atoms with Crippen molar-refractivity contribution >= 4 is 0 Å². The van der Waals surface area contributed by atoms with Crippen LogP contribution < -0.4 is 0 Å². The van der Waals surface area contributed by atoms with Crippen molar-refractivity contribution < 1.29 is 9.84 Å². The number of aliphatic hydroxyl groups is 1. The number of rotatable bonds is 4. The van der Waals surface area contributed by atoms with Gasteiger partial charge in [0.1, 0.15) is 0 Å². The zero-order valence-electron chi connectivity index (χ0n) is 8.05. The molecule has 0 aliphatic heterocycles. The smallest absolute Gasteiger partial charge is 0.155 e. The van der Waals surface area contributed by atoms with E-state index in [1.165, 1.54) is 0 Å². The van der Waals surface area contributed by atoms with Crippen molar-refractivity contribution in [1.82, 2.24) is 0 Å². The van der Waals surface area contributed by atoms with E-state index in [2.05, 4.69) is 6.92 Å². The Kier molecular flexibility index (Phi) is 4.69. The topological polar surface area (TPSA) is 29.5 Å². The van der Waals surface area contributed by atoms with Gasteiger partial charge in [0, 0.05) is 0 Å². The van der Waals surface area contributed by atoms with Gasteiger partial charge >= 0.3 is 0 Å². The van der Waals surface area contributed by atoms with Crippen LogP contribution in [0.2, 0.25) is 0 Å². The normalized spacial score (nSPS) is 15.0. The van der Waals surface area contributed by atoms with Gasteiger partial charge in [-0.1, -0.05) is 13.3 Å². The van der Waals surface area contributed by atoms with Gasteiger partial charge in [-0.3, -0.25) is 0 Å². The summed E-state index contributed by atoms with van der Waals surface area (Å²) >= 11 is 0. The molecule has 0 rings (SSSR count). The second kappa shape index (κ2) is 4.73. The molecule has 0 aromatic rings. The van der Waals surface area contributed by atoms with Gasteiger partial charge in [-0.25, -0.2) is 0 Å². The first-order valence-corrected chi connectivity index (χ1v) is 4.31. The lowest BCUT2D eigenvalue weighted by atomic mass is 10.2. The monoisotopic (exact) mass is 160 g/mol. The first-order chi connectivity index (χ1) is 4.95. The average molecular weight is 160 g/mol. The Bertz CT molecular complexity index is 94.2. The minimum absolute atomic E-state index is 0.229. The molecule has 0 radical (unpaired) electrons. The van der Waals surface area contributed by atoms with Crippen molar-refractivity contribution in [2.45, 2.75) is 58.8 Å². The highest BCUT2D eigenvalue weighted by Crippen LogP contribution is 2.12. The number of aliphatic hydroxyl groups excluding tert-OH is 1. The summed E-state index contributed by atoms with van der Waals surface area (Å²) in [7, 11) is 0. The lowest BCUT2D eigenvalue weighted by molar-refractivity contribution is -0.168. The molecule has 1 atom stereocenters. The molecule has 0 aromatic heterocycles. The molecule has 2 heteroatoms. The van der Waals surface area contributed by atoms with Crippen LogP contribution in [0.25, 0.3) is 0 Å².